The van der Waals surface area contributed by atoms with Crippen molar-refractivity contribution in [3.8, 4) is 0 Å². The van der Waals surface area contributed by atoms with Crippen molar-refractivity contribution in [2.75, 3.05) is 0 Å². The summed E-state index contributed by atoms with van der Waals surface area (Å²) in [6, 6.07) is 10.5. The number of thiol groups is 1. The van der Waals surface area contributed by atoms with E-state index >= 15 is 0 Å². The predicted molar refractivity (Wildman–Crippen MR) is 65.6 cm³/mol. The normalized spacial score (nSPS) is 10.4. The molecule has 0 nitrogen and oxygen atoms in total. The molecule has 1 aromatic heterocycles. The molecule has 0 saturated carbocycles. The summed E-state index contributed by atoms with van der Waals surface area (Å²) in [6.07, 6.45) is 0.998. The van der Waals surface area contributed by atoms with Crippen LogP contribution in [0.1, 0.15) is 16.0 Å². The first-order chi connectivity index (χ1) is 6.75. The van der Waals surface area contributed by atoms with Crippen molar-refractivity contribution in [3.63, 3.8) is 0 Å². The van der Waals surface area contributed by atoms with E-state index in [1.807, 2.05) is 23.5 Å². The van der Waals surface area contributed by atoms with E-state index in [1.54, 1.807) is 0 Å². The monoisotopic (exact) mass is 220 g/mol. The van der Waals surface area contributed by atoms with Crippen LogP contribution in [-0.4, -0.2) is 0 Å². The van der Waals surface area contributed by atoms with E-state index in [-0.39, 0.29) is 0 Å². The quantitative estimate of drug-likeness (QED) is 0.728. The molecule has 14 heavy (non-hydrogen) atoms. The van der Waals surface area contributed by atoms with E-state index in [2.05, 4.69) is 43.1 Å². The molecule has 0 spiro atoms. The lowest BCUT2D eigenvalue weighted by Gasteiger charge is -2.01. The summed E-state index contributed by atoms with van der Waals surface area (Å²) in [6.45, 7) is 2.13. The summed E-state index contributed by atoms with van der Waals surface area (Å²) in [5.41, 5.74) is 2.65. The highest BCUT2D eigenvalue weighted by molar-refractivity contribution is 7.80. The fourth-order valence-corrected chi connectivity index (χ4v) is 2.57. The van der Waals surface area contributed by atoms with Crippen molar-refractivity contribution in [3.05, 3.63) is 51.7 Å². The maximum Gasteiger partial charge on any atom is 0.00921 e. The molecule has 1 heterocycles. The Morgan fingerprint density at radius 2 is 2.07 bits per heavy atom. The molecule has 0 fully saturated rings. The van der Waals surface area contributed by atoms with E-state index in [9.17, 15) is 0 Å². The average molecular weight is 220 g/mol. The van der Waals surface area contributed by atoms with Gasteiger partial charge in [-0.2, -0.15) is 0 Å². The molecule has 0 aliphatic carbocycles. The Hall–Kier alpha value is -0.730. The van der Waals surface area contributed by atoms with Crippen LogP contribution in [-0.2, 0) is 6.42 Å². The third kappa shape index (κ3) is 2.20. The van der Waals surface area contributed by atoms with E-state index in [0.717, 1.165) is 11.3 Å². The van der Waals surface area contributed by atoms with Crippen LogP contribution in [0.25, 0.3) is 0 Å². The predicted octanol–water partition coefficient (Wildman–Crippen LogP) is 3.94. The van der Waals surface area contributed by atoms with Crippen LogP contribution in [0.3, 0.4) is 0 Å². The van der Waals surface area contributed by atoms with Gasteiger partial charge in [0, 0.05) is 16.2 Å². The fourth-order valence-electron chi connectivity index (χ4n) is 1.43. The zero-order chi connectivity index (χ0) is 9.97. The molecule has 0 bridgehead atoms. The minimum absolute atomic E-state index is 0.998. The summed E-state index contributed by atoms with van der Waals surface area (Å²) in [5, 5.41) is 2.19. The number of benzene rings is 1. The molecule has 0 aliphatic rings. The van der Waals surface area contributed by atoms with Gasteiger partial charge in [-0.1, -0.05) is 18.2 Å². The van der Waals surface area contributed by atoms with Crippen LogP contribution >= 0.6 is 24.0 Å². The maximum atomic E-state index is 4.44. The van der Waals surface area contributed by atoms with Crippen molar-refractivity contribution in [1.82, 2.24) is 0 Å². The second-order valence-electron chi connectivity index (χ2n) is 3.40. The third-order valence-electron chi connectivity index (χ3n) is 2.14. The number of rotatable bonds is 2. The Kier molecular flexibility index (Phi) is 2.94. The number of hydrogen-bond acceptors (Lipinski definition) is 2. The van der Waals surface area contributed by atoms with Crippen molar-refractivity contribution < 1.29 is 0 Å². The lowest BCUT2D eigenvalue weighted by atomic mass is 10.1. The Bertz CT molecular complexity index is 429. The Balaban J connectivity index is 2.23. The van der Waals surface area contributed by atoms with Gasteiger partial charge in [0.2, 0.25) is 0 Å². The number of thiophene rings is 1. The van der Waals surface area contributed by atoms with E-state index in [4.69, 9.17) is 0 Å². The summed E-state index contributed by atoms with van der Waals surface area (Å²) in [5.74, 6) is 0. The lowest BCUT2D eigenvalue weighted by molar-refractivity contribution is 1.16. The average Bonchev–Trinajstić information content (AvgIpc) is 2.56. The topological polar surface area (TPSA) is 0 Å². The zero-order valence-corrected chi connectivity index (χ0v) is 9.74. The maximum absolute atomic E-state index is 4.44. The summed E-state index contributed by atoms with van der Waals surface area (Å²) >= 11 is 6.26. The van der Waals surface area contributed by atoms with Crippen LogP contribution in [0.4, 0.5) is 0 Å². The first kappa shape index (κ1) is 9.81. The van der Waals surface area contributed by atoms with Crippen molar-refractivity contribution in [2.24, 2.45) is 0 Å². The number of hydrogen-bond donors (Lipinski definition) is 1. The third-order valence-corrected chi connectivity index (χ3v) is 3.63. The Morgan fingerprint density at radius 1 is 1.29 bits per heavy atom. The van der Waals surface area contributed by atoms with Gasteiger partial charge in [-0.15, -0.1) is 24.0 Å². The Labute approximate surface area is 94.0 Å². The van der Waals surface area contributed by atoms with Crippen LogP contribution < -0.4 is 0 Å². The molecule has 0 atom stereocenters. The minimum Gasteiger partial charge on any atom is -0.148 e. The highest BCUT2D eigenvalue weighted by Gasteiger charge is 2.01. The van der Waals surface area contributed by atoms with Crippen LogP contribution in [0, 0.1) is 6.92 Å². The first-order valence-corrected chi connectivity index (χ1v) is 5.89. The molecular formula is C12H12S2. The zero-order valence-electron chi connectivity index (χ0n) is 8.03. The van der Waals surface area contributed by atoms with Gasteiger partial charge >= 0.3 is 0 Å². The van der Waals surface area contributed by atoms with E-state index < -0.39 is 0 Å². The van der Waals surface area contributed by atoms with Crippen LogP contribution in [0.5, 0.6) is 0 Å². The fraction of sp³-hybridized carbons (Fsp3) is 0.167. The Morgan fingerprint density at radius 3 is 2.71 bits per heavy atom. The van der Waals surface area contributed by atoms with E-state index in [1.165, 1.54) is 16.0 Å². The second kappa shape index (κ2) is 4.20. The summed E-state index contributed by atoms with van der Waals surface area (Å²) in [7, 11) is 0. The summed E-state index contributed by atoms with van der Waals surface area (Å²) < 4.78 is 0. The standard InChI is InChI=1S/C12H12S2/c1-9-6-11(14-8-9)7-10-4-2-3-5-12(10)13/h2-6,8,13H,7H2,1H3. The molecule has 72 valence electrons. The molecule has 0 radical (unpaired) electrons. The molecule has 0 amide bonds. The van der Waals surface area contributed by atoms with Gasteiger partial charge in [-0.25, -0.2) is 0 Å². The lowest BCUT2D eigenvalue weighted by Crippen LogP contribution is -1.85. The molecule has 0 unspecified atom stereocenters. The van der Waals surface area contributed by atoms with Gasteiger partial charge in [0.15, 0.2) is 0 Å². The van der Waals surface area contributed by atoms with Crippen LogP contribution in [0.15, 0.2) is 40.6 Å². The highest BCUT2D eigenvalue weighted by Crippen LogP contribution is 2.21. The first-order valence-electron chi connectivity index (χ1n) is 4.56. The van der Waals surface area contributed by atoms with Gasteiger partial charge < -0.3 is 0 Å². The van der Waals surface area contributed by atoms with Gasteiger partial charge in [0.25, 0.3) is 0 Å². The van der Waals surface area contributed by atoms with Crippen molar-refractivity contribution in [1.29, 1.82) is 0 Å². The molecule has 2 heteroatoms. The minimum atomic E-state index is 0.998. The molecule has 0 saturated heterocycles. The largest absolute Gasteiger partial charge is 0.148 e. The van der Waals surface area contributed by atoms with Gasteiger partial charge in [-0.3, -0.25) is 0 Å². The molecule has 0 aliphatic heterocycles. The highest BCUT2D eigenvalue weighted by atomic mass is 32.1. The molecule has 1 aromatic carbocycles. The van der Waals surface area contributed by atoms with E-state index in [0.29, 0.717) is 0 Å². The van der Waals surface area contributed by atoms with Gasteiger partial charge in [-0.05, 0) is 35.6 Å². The number of aryl methyl sites for hydroxylation is 1. The molecule has 2 rings (SSSR count). The second-order valence-corrected chi connectivity index (χ2v) is 4.87. The van der Waals surface area contributed by atoms with Crippen LogP contribution in [0.2, 0.25) is 0 Å². The SMILES string of the molecule is Cc1csc(Cc2ccccc2S)c1. The molecular weight excluding hydrogens is 208 g/mol. The van der Waals surface area contributed by atoms with Crippen molar-refractivity contribution >= 4 is 24.0 Å². The summed E-state index contributed by atoms with van der Waals surface area (Å²) in [4.78, 5) is 2.49. The molecule has 0 N–H and O–H groups in total. The van der Waals surface area contributed by atoms with Gasteiger partial charge in [0.05, 0.1) is 0 Å². The van der Waals surface area contributed by atoms with Crippen molar-refractivity contribution in [2.45, 2.75) is 18.2 Å². The molecule has 2 aromatic rings. The van der Waals surface area contributed by atoms with Gasteiger partial charge in [0.1, 0.15) is 0 Å². The smallest absolute Gasteiger partial charge is 0.00921 e.